The van der Waals surface area contributed by atoms with Crippen LogP contribution in [0.1, 0.15) is 12.5 Å². The van der Waals surface area contributed by atoms with Crippen LogP contribution in [0.3, 0.4) is 0 Å². The quantitative estimate of drug-likeness (QED) is 0.732. The summed E-state index contributed by atoms with van der Waals surface area (Å²) in [6.45, 7) is 1.76. The third-order valence-corrected chi connectivity index (χ3v) is 4.45. The average molecular weight is 266 g/mol. The van der Waals surface area contributed by atoms with Crippen LogP contribution in [0.5, 0.6) is 0 Å². The van der Waals surface area contributed by atoms with Crippen LogP contribution in [0.2, 0.25) is 0 Å². The molecule has 0 spiro atoms. The Hall–Kier alpha value is -1.53. The highest BCUT2D eigenvalue weighted by molar-refractivity contribution is 7.81. The highest BCUT2D eigenvalue weighted by atomic mass is 32.2. The fourth-order valence-corrected chi connectivity index (χ4v) is 2.87. The third-order valence-electron chi connectivity index (χ3n) is 2.97. The van der Waals surface area contributed by atoms with Gasteiger partial charge in [0.2, 0.25) is 17.0 Å². The maximum atomic E-state index is 12.1. The summed E-state index contributed by atoms with van der Waals surface area (Å²) in [6, 6.07) is 8.55. The first-order valence-corrected chi connectivity index (χ1v) is 6.63. The molecule has 2 atom stereocenters. The van der Waals surface area contributed by atoms with Crippen LogP contribution >= 0.6 is 0 Å². The maximum Gasteiger partial charge on any atom is 0.304 e. The molecular formula is C12H14N2O3S. The van der Waals surface area contributed by atoms with Crippen molar-refractivity contribution in [3.05, 3.63) is 35.9 Å². The van der Waals surface area contributed by atoms with Gasteiger partial charge in [0.05, 0.1) is 12.6 Å². The van der Waals surface area contributed by atoms with Crippen LogP contribution in [0.25, 0.3) is 0 Å². The molecule has 1 aromatic rings. The molecule has 1 fully saturated rings. The molecule has 1 aromatic carbocycles. The van der Waals surface area contributed by atoms with Crippen molar-refractivity contribution in [2.75, 3.05) is 7.05 Å². The first-order valence-electron chi connectivity index (χ1n) is 5.57. The largest absolute Gasteiger partial charge is 0.304 e. The minimum absolute atomic E-state index is 0.176. The molecule has 1 aliphatic rings. The van der Waals surface area contributed by atoms with E-state index in [-0.39, 0.29) is 6.54 Å². The van der Waals surface area contributed by atoms with Gasteiger partial charge in [0, 0.05) is 7.05 Å². The van der Waals surface area contributed by atoms with E-state index in [2.05, 4.69) is 0 Å². The van der Waals surface area contributed by atoms with Gasteiger partial charge in [-0.25, -0.2) is 8.51 Å². The highest BCUT2D eigenvalue weighted by Gasteiger charge is 2.41. The predicted octanol–water partition coefficient (Wildman–Crippen LogP) is 0.497. The molecule has 5 nitrogen and oxygen atoms in total. The molecule has 0 bridgehead atoms. The number of benzene rings is 1. The van der Waals surface area contributed by atoms with E-state index in [1.807, 2.05) is 30.3 Å². The van der Waals surface area contributed by atoms with Crippen LogP contribution in [0, 0.1) is 0 Å². The van der Waals surface area contributed by atoms with Crippen molar-refractivity contribution in [1.82, 2.24) is 8.61 Å². The highest BCUT2D eigenvalue weighted by Crippen LogP contribution is 2.18. The molecule has 2 unspecified atom stereocenters. The van der Waals surface area contributed by atoms with Crippen LogP contribution in [0.4, 0.5) is 0 Å². The first kappa shape index (κ1) is 12.9. The summed E-state index contributed by atoms with van der Waals surface area (Å²) in [5.74, 6) is -1.20. The molecule has 18 heavy (non-hydrogen) atoms. The fourth-order valence-electron chi connectivity index (χ4n) is 1.70. The second kappa shape index (κ2) is 4.99. The lowest BCUT2D eigenvalue weighted by Gasteiger charge is -2.34. The predicted molar refractivity (Wildman–Crippen MR) is 67.4 cm³/mol. The van der Waals surface area contributed by atoms with Gasteiger partial charge in [-0.05, 0) is 12.5 Å². The van der Waals surface area contributed by atoms with Gasteiger partial charge in [0.1, 0.15) is 0 Å². The van der Waals surface area contributed by atoms with Gasteiger partial charge in [-0.1, -0.05) is 30.3 Å². The topological polar surface area (TPSA) is 57.7 Å². The Morgan fingerprint density at radius 3 is 2.44 bits per heavy atom. The van der Waals surface area contributed by atoms with Crippen molar-refractivity contribution in [1.29, 1.82) is 0 Å². The zero-order valence-corrected chi connectivity index (χ0v) is 11.0. The Labute approximate surface area is 108 Å². The van der Waals surface area contributed by atoms with Crippen LogP contribution < -0.4 is 0 Å². The first-order chi connectivity index (χ1) is 8.52. The minimum atomic E-state index is -1.61. The van der Waals surface area contributed by atoms with Gasteiger partial charge in [0.25, 0.3) is 0 Å². The van der Waals surface area contributed by atoms with Crippen molar-refractivity contribution in [3.8, 4) is 0 Å². The number of hydrogen-bond acceptors (Lipinski definition) is 3. The second-order valence-electron chi connectivity index (χ2n) is 4.14. The molecule has 1 aliphatic heterocycles. The Morgan fingerprint density at radius 2 is 1.83 bits per heavy atom. The number of hydrogen-bond donors (Lipinski definition) is 0. The number of ketones is 1. The van der Waals surface area contributed by atoms with E-state index < -0.39 is 28.9 Å². The number of carbonyl (C=O) groups excluding carboxylic acids is 2. The maximum absolute atomic E-state index is 12.1. The summed E-state index contributed by atoms with van der Waals surface area (Å²) in [4.78, 5) is 23.6. The lowest BCUT2D eigenvalue weighted by Crippen LogP contribution is -2.56. The van der Waals surface area contributed by atoms with Crippen molar-refractivity contribution >= 4 is 22.9 Å². The molecule has 6 heteroatoms. The van der Waals surface area contributed by atoms with Gasteiger partial charge < -0.3 is 0 Å². The minimum Gasteiger partial charge on any atom is -0.287 e. The van der Waals surface area contributed by atoms with Crippen molar-refractivity contribution < 1.29 is 13.8 Å². The number of amides is 1. The van der Waals surface area contributed by atoms with E-state index in [0.717, 1.165) is 9.87 Å². The van der Waals surface area contributed by atoms with E-state index >= 15 is 0 Å². The Balaban J connectivity index is 2.24. The molecule has 2 rings (SSSR count). The standard InChI is InChI=1S/C12H14N2O3S/c1-9-11(15)12(16)14(18(17)13(9)2)8-10-6-4-3-5-7-10/h3-7,9H,8H2,1-2H3. The molecule has 0 aromatic heterocycles. The van der Waals surface area contributed by atoms with Gasteiger partial charge in [0.15, 0.2) is 0 Å². The molecule has 96 valence electrons. The van der Waals surface area contributed by atoms with Gasteiger partial charge in [-0.2, -0.15) is 4.31 Å². The van der Waals surface area contributed by atoms with Crippen molar-refractivity contribution in [2.24, 2.45) is 0 Å². The van der Waals surface area contributed by atoms with E-state index in [0.29, 0.717) is 0 Å². The van der Waals surface area contributed by atoms with Crippen LogP contribution in [0.15, 0.2) is 30.3 Å². The second-order valence-corrected chi connectivity index (χ2v) is 5.62. The number of likely N-dealkylation sites (N-methyl/N-ethyl adjacent to an activating group) is 1. The van der Waals surface area contributed by atoms with Gasteiger partial charge >= 0.3 is 5.91 Å². The summed E-state index contributed by atoms with van der Waals surface area (Å²) in [5, 5.41) is 0. The SMILES string of the molecule is CC1C(=O)C(=O)N(Cc2ccccc2)S(=O)N1C. The number of Topliss-reactive ketones (excluding diaryl/α,β-unsaturated/α-hetero) is 1. The summed E-state index contributed by atoms with van der Waals surface area (Å²) >= 11 is -1.61. The normalized spacial score (nSPS) is 25.6. The van der Waals surface area contributed by atoms with E-state index in [4.69, 9.17) is 0 Å². The summed E-state index contributed by atoms with van der Waals surface area (Å²) in [6.07, 6.45) is 0. The smallest absolute Gasteiger partial charge is 0.287 e. The van der Waals surface area contributed by atoms with E-state index in [9.17, 15) is 13.8 Å². The average Bonchev–Trinajstić information content (AvgIpc) is 2.40. The molecule has 1 heterocycles. The fraction of sp³-hybridized carbons (Fsp3) is 0.333. The van der Waals surface area contributed by atoms with E-state index in [1.165, 1.54) is 4.31 Å². The summed E-state index contributed by atoms with van der Waals surface area (Å²) < 4.78 is 14.6. The molecule has 0 radical (unpaired) electrons. The van der Waals surface area contributed by atoms with Crippen LogP contribution in [-0.4, -0.2) is 37.6 Å². The summed E-state index contributed by atoms with van der Waals surface area (Å²) in [5.41, 5.74) is 0.843. The molecule has 1 amide bonds. The van der Waals surface area contributed by atoms with Crippen LogP contribution in [-0.2, 0) is 27.3 Å². The molecular weight excluding hydrogens is 252 g/mol. The molecule has 0 N–H and O–H groups in total. The Bertz CT molecular complexity index is 503. The molecule has 1 saturated heterocycles. The van der Waals surface area contributed by atoms with E-state index in [1.54, 1.807) is 14.0 Å². The number of carbonyl (C=O) groups is 2. The van der Waals surface area contributed by atoms with Crippen molar-refractivity contribution in [2.45, 2.75) is 19.5 Å². The monoisotopic (exact) mass is 266 g/mol. The lowest BCUT2D eigenvalue weighted by atomic mass is 10.2. The van der Waals surface area contributed by atoms with Crippen molar-refractivity contribution in [3.63, 3.8) is 0 Å². The molecule has 0 aliphatic carbocycles. The summed E-state index contributed by atoms with van der Waals surface area (Å²) in [7, 11) is 1.57. The number of nitrogens with zero attached hydrogens (tertiary/aromatic N) is 2. The Morgan fingerprint density at radius 1 is 1.22 bits per heavy atom. The zero-order chi connectivity index (χ0) is 13.3. The van der Waals surface area contributed by atoms with Gasteiger partial charge in [-0.3, -0.25) is 9.59 Å². The molecule has 0 saturated carbocycles. The third kappa shape index (κ3) is 2.21. The zero-order valence-electron chi connectivity index (χ0n) is 10.2. The lowest BCUT2D eigenvalue weighted by molar-refractivity contribution is -0.144. The van der Waals surface area contributed by atoms with Gasteiger partial charge in [-0.15, -0.1) is 0 Å². The number of rotatable bonds is 2. The Kier molecular flexibility index (Phi) is 3.58.